The number of ketones is 2. The van der Waals surface area contributed by atoms with E-state index in [1.165, 1.54) is 0 Å². The van der Waals surface area contributed by atoms with E-state index in [4.69, 9.17) is 4.42 Å². The lowest BCUT2D eigenvalue weighted by atomic mass is 9.83. The molecule has 6 nitrogen and oxygen atoms in total. The molecule has 0 atom stereocenters. The Morgan fingerprint density at radius 1 is 0.853 bits per heavy atom. The number of benzene rings is 3. The van der Waals surface area contributed by atoms with Crippen LogP contribution in [-0.4, -0.2) is 21.5 Å². The van der Waals surface area contributed by atoms with Crippen LogP contribution in [-0.2, 0) is 0 Å². The average molecular weight is 441 g/mol. The average Bonchev–Trinajstić information content (AvgIpc) is 3.52. The topological polar surface area (TPSA) is 99.8 Å². The van der Waals surface area contributed by atoms with Crippen molar-refractivity contribution >= 4 is 34.2 Å². The first-order chi connectivity index (χ1) is 16.6. The van der Waals surface area contributed by atoms with Crippen LogP contribution in [0.15, 0.2) is 83.3 Å². The summed E-state index contributed by atoms with van der Waals surface area (Å²) in [6.45, 7) is 0. The summed E-state index contributed by atoms with van der Waals surface area (Å²) in [5, 5.41) is 9.67. The molecule has 1 N–H and O–H groups in total. The zero-order valence-corrected chi connectivity index (χ0v) is 17.7. The van der Waals surface area contributed by atoms with Crippen LogP contribution in [0.3, 0.4) is 0 Å². The minimum Gasteiger partial charge on any atom is -0.457 e. The van der Waals surface area contributed by atoms with Gasteiger partial charge in [-0.15, -0.1) is 0 Å². The van der Waals surface area contributed by atoms with Crippen molar-refractivity contribution in [2.75, 3.05) is 0 Å². The normalized spacial score (nSPS) is 13.0. The number of allylic oxidation sites excluding steroid dienone is 1. The highest BCUT2D eigenvalue weighted by Crippen LogP contribution is 2.32. The molecule has 2 heterocycles. The number of carbonyl (C=O) groups is 2. The van der Waals surface area contributed by atoms with Crippen LogP contribution >= 0.6 is 0 Å². The summed E-state index contributed by atoms with van der Waals surface area (Å²) < 4.78 is 5.95. The third kappa shape index (κ3) is 3.07. The molecule has 0 saturated heterocycles. The number of aromatic amines is 1. The van der Waals surface area contributed by atoms with Gasteiger partial charge >= 0.3 is 0 Å². The monoisotopic (exact) mass is 441 g/mol. The fourth-order valence-corrected chi connectivity index (χ4v) is 4.21. The Kier molecular flexibility index (Phi) is 4.36. The summed E-state index contributed by atoms with van der Waals surface area (Å²) in [5.74, 6) is 1.10. The second-order valence-electron chi connectivity index (χ2n) is 7.94. The van der Waals surface area contributed by atoms with E-state index in [9.17, 15) is 14.9 Å². The van der Waals surface area contributed by atoms with Crippen molar-refractivity contribution < 1.29 is 14.0 Å². The van der Waals surface area contributed by atoms with Gasteiger partial charge in [-0.1, -0.05) is 42.5 Å². The summed E-state index contributed by atoms with van der Waals surface area (Å²) >= 11 is 0. The molecule has 3 aromatic carbocycles. The van der Waals surface area contributed by atoms with Crippen LogP contribution < -0.4 is 0 Å². The number of furan rings is 1. The number of nitriles is 1. The minimum absolute atomic E-state index is 0.163. The van der Waals surface area contributed by atoms with Gasteiger partial charge in [-0.2, -0.15) is 5.26 Å². The lowest BCUT2D eigenvalue weighted by Crippen LogP contribution is -2.20. The first kappa shape index (κ1) is 19.6. The number of imidazole rings is 1. The van der Waals surface area contributed by atoms with E-state index >= 15 is 0 Å². The number of aromatic nitrogens is 2. The van der Waals surface area contributed by atoms with E-state index in [0.29, 0.717) is 50.7 Å². The second kappa shape index (κ2) is 7.54. The lowest BCUT2D eigenvalue weighted by molar-refractivity contribution is 0.0979. The number of rotatable bonds is 3. The molecule has 0 aliphatic heterocycles. The fraction of sp³-hybridized carbons (Fsp3) is 0. The van der Waals surface area contributed by atoms with Crippen LogP contribution in [0.1, 0.15) is 43.4 Å². The lowest BCUT2D eigenvalue weighted by Gasteiger charge is -2.17. The molecule has 6 rings (SSSR count). The largest absolute Gasteiger partial charge is 0.457 e. The standard InChI is InChI=1S/C28H15N3O3/c29-15-17(28-30-23-7-3-4-8-24(23)31-28)13-18-10-12-25(34-18)16-9-11-21-22(14-16)27(33)20-6-2-1-5-19(20)26(21)32/h1-14H,(H,30,31). The molecule has 0 spiro atoms. The van der Waals surface area contributed by atoms with Crippen LogP contribution in [0.2, 0.25) is 0 Å². The first-order valence-corrected chi connectivity index (χ1v) is 10.6. The molecular weight excluding hydrogens is 426 g/mol. The van der Waals surface area contributed by atoms with E-state index in [1.807, 2.05) is 24.3 Å². The van der Waals surface area contributed by atoms with Crippen LogP contribution in [0, 0.1) is 11.3 Å². The number of para-hydroxylation sites is 2. The summed E-state index contributed by atoms with van der Waals surface area (Å²) in [7, 11) is 0. The van der Waals surface area contributed by atoms with Gasteiger partial charge < -0.3 is 9.40 Å². The molecule has 0 amide bonds. The highest BCUT2D eigenvalue weighted by atomic mass is 16.3. The van der Waals surface area contributed by atoms with Crippen molar-refractivity contribution in [1.82, 2.24) is 9.97 Å². The van der Waals surface area contributed by atoms with Gasteiger partial charge in [-0.3, -0.25) is 9.59 Å². The molecule has 160 valence electrons. The predicted molar refractivity (Wildman–Crippen MR) is 127 cm³/mol. The molecular formula is C28H15N3O3. The molecule has 0 radical (unpaired) electrons. The maximum absolute atomic E-state index is 13.0. The summed E-state index contributed by atoms with van der Waals surface area (Å²) in [4.78, 5) is 33.5. The molecule has 0 fully saturated rings. The van der Waals surface area contributed by atoms with Crippen LogP contribution in [0.25, 0.3) is 34.0 Å². The zero-order chi connectivity index (χ0) is 23.2. The van der Waals surface area contributed by atoms with Crippen molar-refractivity contribution in [3.63, 3.8) is 0 Å². The Hall–Kier alpha value is -5.02. The smallest absolute Gasteiger partial charge is 0.194 e. The van der Waals surface area contributed by atoms with Gasteiger partial charge in [0.05, 0.1) is 16.6 Å². The number of H-pyrrole nitrogens is 1. The Morgan fingerprint density at radius 2 is 1.56 bits per heavy atom. The van der Waals surface area contributed by atoms with Gasteiger partial charge in [0.1, 0.15) is 23.4 Å². The van der Waals surface area contributed by atoms with E-state index in [0.717, 1.165) is 11.0 Å². The van der Waals surface area contributed by atoms with E-state index in [-0.39, 0.29) is 11.6 Å². The summed E-state index contributed by atoms with van der Waals surface area (Å²) in [6.07, 6.45) is 1.62. The molecule has 1 aliphatic rings. The van der Waals surface area contributed by atoms with Gasteiger partial charge in [0.25, 0.3) is 0 Å². The summed E-state index contributed by atoms with van der Waals surface area (Å²) in [6, 6.07) is 25.2. The molecule has 2 aromatic heterocycles. The molecule has 1 aliphatic carbocycles. The van der Waals surface area contributed by atoms with Crippen molar-refractivity contribution in [1.29, 1.82) is 5.26 Å². The molecule has 6 heteroatoms. The molecule has 0 bridgehead atoms. The molecule has 5 aromatic rings. The number of hydrogen-bond acceptors (Lipinski definition) is 5. The number of carbonyl (C=O) groups excluding carboxylic acids is 2. The second-order valence-corrected chi connectivity index (χ2v) is 7.94. The Labute approximate surface area is 193 Å². The molecule has 34 heavy (non-hydrogen) atoms. The maximum atomic E-state index is 13.0. The SMILES string of the molecule is N#CC(=Cc1ccc(-c2ccc3c(c2)C(=O)c2ccccc2C3=O)o1)c1nc2ccccc2[nH]1. The van der Waals surface area contributed by atoms with Gasteiger partial charge in [0, 0.05) is 33.9 Å². The predicted octanol–water partition coefficient (Wildman–Crippen LogP) is 5.66. The minimum atomic E-state index is -0.185. The van der Waals surface area contributed by atoms with Crippen molar-refractivity contribution in [2.24, 2.45) is 0 Å². The summed E-state index contributed by atoms with van der Waals surface area (Å²) in [5.41, 5.74) is 4.19. The zero-order valence-electron chi connectivity index (χ0n) is 17.7. The van der Waals surface area contributed by atoms with Gasteiger partial charge in [-0.25, -0.2) is 4.98 Å². The Bertz CT molecular complexity index is 1680. The highest BCUT2D eigenvalue weighted by Gasteiger charge is 2.29. The molecule has 0 unspecified atom stereocenters. The molecule has 0 saturated carbocycles. The fourth-order valence-electron chi connectivity index (χ4n) is 4.21. The van der Waals surface area contributed by atoms with Crippen molar-refractivity contribution in [3.05, 3.63) is 113 Å². The van der Waals surface area contributed by atoms with E-state index < -0.39 is 0 Å². The number of nitrogens with zero attached hydrogens (tertiary/aromatic N) is 2. The number of hydrogen-bond donors (Lipinski definition) is 1. The van der Waals surface area contributed by atoms with Gasteiger partial charge in [-0.05, 0) is 36.4 Å². The van der Waals surface area contributed by atoms with Crippen molar-refractivity contribution in [2.45, 2.75) is 0 Å². The Morgan fingerprint density at radius 3 is 2.32 bits per heavy atom. The van der Waals surface area contributed by atoms with Gasteiger partial charge in [0.2, 0.25) is 0 Å². The van der Waals surface area contributed by atoms with E-state index in [1.54, 1.807) is 60.7 Å². The van der Waals surface area contributed by atoms with E-state index in [2.05, 4.69) is 16.0 Å². The van der Waals surface area contributed by atoms with Crippen molar-refractivity contribution in [3.8, 4) is 17.4 Å². The highest BCUT2D eigenvalue weighted by molar-refractivity contribution is 6.28. The van der Waals surface area contributed by atoms with Crippen LogP contribution in [0.4, 0.5) is 0 Å². The van der Waals surface area contributed by atoms with Gasteiger partial charge in [0.15, 0.2) is 11.6 Å². The third-order valence-electron chi connectivity index (χ3n) is 5.89. The first-order valence-electron chi connectivity index (χ1n) is 10.6. The third-order valence-corrected chi connectivity index (χ3v) is 5.89. The number of nitrogens with one attached hydrogen (secondary N) is 1. The Balaban J connectivity index is 1.35. The number of fused-ring (bicyclic) bond motifs is 3. The quantitative estimate of drug-likeness (QED) is 0.357. The van der Waals surface area contributed by atoms with Crippen LogP contribution in [0.5, 0.6) is 0 Å². The maximum Gasteiger partial charge on any atom is 0.194 e.